The number of nitrogens with one attached hydrogen (secondary N) is 4. The van der Waals surface area contributed by atoms with Gasteiger partial charge in [0.2, 0.25) is 0 Å². The largest absolute Gasteiger partial charge is 0.359 e. The Hall–Kier alpha value is -4.16. The minimum Gasteiger partial charge on any atom is -0.359 e. The molecule has 0 bridgehead atoms. The van der Waals surface area contributed by atoms with Crippen molar-refractivity contribution in [2.45, 2.75) is 33.5 Å². The monoisotopic (exact) mass is 474 g/mol. The van der Waals surface area contributed by atoms with Crippen molar-refractivity contribution >= 4 is 22.3 Å². The number of fused-ring (bicyclic) bond motifs is 2. The van der Waals surface area contributed by atoms with Gasteiger partial charge in [-0.1, -0.05) is 49.4 Å². The molecule has 5 aromatic rings. The molecule has 1 atom stereocenters. The molecule has 36 heavy (non-hydrogen) atoms. The van der Waals surface area contributed by atoms with Crippen LogP contribution in [0, 0.1) is 13.8 Å². The number of benzene rings is 3. The molecule has 1 aliphatic heterocycles. The highest BCUT2D eigenvalue weighted by Gasteiger charge is 2.27. The van der Waals surface area contributed by atoms with Crippen LogP contribution in [0.25, 0.3) is 33.2 Å². The summed E-state index contributed by atoms with van der Waals surface area (Å²) in [5.41, 5.74) is 12.6. The van der Waals surface area contributed by atoms with E-state index in [1.807, 2.05) is 12.4 Å². The number of anilines is 2. The van der Waals surface area contributed by atoms with Gasteiger partial charge in [0.1, 0.15) is 6.17 Å². The Morgan fingerprint density at radius 3 is 2.61 bits per heavy atom. The van der Waals surface area contributed by atoms with Gasteiger partial charge in [-0.15, -0.1) is 0 Å². The second-order valence-electron chi connectivity index (χ2n) is 9.39. The SMILES string of the molecule is CCNCc1cncc(-c2ccc3n[nH]c(C4Nc5cccc(-c6ccccc6C)c5N4)c3c2)c1C. The van der Waals surface area contributed by atoms with Crippen LogP contribution in [-0.2, 0) is 6.54 Å². The molecule has 1 unspecified atom stereocenters. The van der Waals surface area contributed by atoms with Crippen molar-refractivity contribution in [3.05, 3.63) is 95.4 Å². The fourth-order valence-electron chi connectivity index (χ4n) is 5.12. The average molecular weight is 475 g/mol. The smallest absolute Gasteiger partial charge is 0.141 e. The third-order valence-electron chi connectivity index (χ3n) is 7.16. The molecule has 1 aliphatic rings. The van der Waals surface area contributed by atoms with Crippen molar-refractivity contribution in [1.29, 1.82) is 0 Å². The predicted octanol–water partition coefficient (Wildman–Crippen LogP) is 6.55. The number of hydrogen-bond acceptors (Lipinski definition) is 5. The number of aromatic amines is 1. The van der Waals surface area contributed by atoms with Crippen molar-refractivity contribution in [3.63, 3.8) is 0 Å². The molecule has 2 aromatic heterocycles. The number of nitrogens with zero attached hydrogens (tertiary/aromatic N) is 2. The molecule has 6 heteroatoms. The molecule has 3 heterocycles. The Morgan fingerprint density at radius 2 is 1.75 bits per heavy atom. The Kier molecular flexibility index (Phi) is 5.66. The lowest BCUT2D eigenvalue weighted by Gasteiger charge is -2.14. The summed E-state index contributed by atoms with van der Waals surface area (Å²) < 4.78 is 0. The summed E-state index contributed by atoms with van der Waals surface area (Å²) in [4.78, 5) is 4.53. The van der Waals surface area contributed by atoms with Crippen LogP contribution >= 0.6 is 0 Å². The van der Waals surface area contributed by atoms with E-state index in [0.29, 0.717) is 0 Å². The molecule has 0 saturated carbocycles. The zero-order valence-electron chi connectivity index (χ0n) is 20.8. The van der Waals surface area contributed by atoms with E-state index in [1.165, 1.54) is 27.8 Å². The van der Waals surface area contributed by atoms with E-state index in [9.17, 15) is 0 Å². The molecule has 4 N–H and O–H groups in total. The second-order valence-corrected chi connectivity index (χ2v) is 9.39. The van der Waals surface area contributed by atoms with Gasteiger partial charge in [-0.25, -0.2) is 0 Å². The number of rotatable bonds is 6. The Labute approximate surface area is 211 Å². The van der Waals surface area contributed by atoms with Gasteiger partial charge in [0, 0.05) is 35.5 Å². The number of hydrogen-bond donors (Lipinski definition) is 4. The van der Waals surface area contributed by atoms with Crippen LogP contribution in [0.4, 0.5) is 11.4 Å². The topological polar surface area (TPSA) is 77.7 Å². The van der Waals surface area contributed by atoms with Gasteiger partial charge in [0.05, 0.1) is 22.6 Å². The highest BCUT2D eigenvalue weighted by atomic mass is 15.2. The van der Waals surface area contributed by atoms with Crippen LogP contribution in [0.2, 0.25) is 0 Å². The predicted molar refractivity (Wildman–Crippen MR) is 148 cm³/mol. The summed E-state index contributed by atoms with van der Waals surface area (Å²) in [7, 11) is 0. The third-order valence-corrected chi connectivity index (χ3v) is 7.16. The minimum absolute atomic E-state index is 0.107. The lowest BCUT2D eigenvalue weighted by molar-refractivity contribution is 0.721. The zero-order chi connectivity index (χ0) is 24.6. The average Bonchev–Trinajstić information content (AvgIpc) is 3.52. The van der Waals surface area contributed by atoms with E-state index >= 15 is 0 Å². The standard InChI is InChI=1S/C30H30N6/c1-4-31-15-21-16-32-17-25(19(21)3)20-12-13-26-24(14-20)29(36-35-26)30-33-27-11-7-10-23(28(27)34-30)22-9-6-5-8-18(22)2/h5-14,16-17,30-31,33-34H,4,15H2,1-3H3,(H,35,36). The molecule has 0 radical (unpaired) electrons. The van der Waals surface area contributed by atoms with Crippen molar-refractivity contribution in [3.8, 4) is 22.3 Å². The molecule has 0 saturated heterocycles. The second kappa shape index (κ2) is 9.13. The van der Waals surface area contributed by atoms with Crippen LogP contribution in [-0.4, -0.2) is 21.7 Å². The van der Waals surface area contributed by atoms with Crippen LogP contribution in [0.5, 0.6) is 0 Å². The Balaban J connectivity index is 1.37. The van der Waals surface area contributed by atoms with Gasteiger partial charge in [0.25, 0.3) is 0 Å². The van der Waals surface area contributed by atoms with Gasteiger partial charge < -0.3 is 16.0 Å². The maximum Gasteiger partial charge on any atom is 0.141 e. The van der Waals surface area contributed by atoms with E-state index in [1.54, 1.807) is 0 Å². The normalized spacial score (nSPS) is 14.5. The molecule has 3 aromatic carbocycles. The first-order valence-electron chi connectivity index (χ1n) is 12.5. The molecule has 0 fully saturated rings. The highest BCUT2D eigenvalue weighted by Crippen LogP contribution is 2.43. The third kappa shape index (κ3) is 3.80. The van der Waals surface area contributed by atoms with Gasteiger partial charge in [-0.05, 0) is 66.4 Å². The Morgan fingerprint density at radius 1 is 0.889 bits per heavy atom. The van der Waals surface area contributed by atoms with E-state index in [2.05, 4.69) is 113 Å². The van der Waals surface area contributed by atoms with Crippen molar-refractivity contribution in [2.75, 3.05) is 17.2 Å². The molecular weight excluding hydrogens is 444 g/mol. The van der Waals surface area contributed by atoms with Gasteiger partial charge in [-0.3, -0.25) is 10.1 Å². The van der Waals surface area contributed by atoms with Gasteiger partial charge >= 0.3 is 0 Å². The lowest BCUT2D eigenvalue weighted by atomic mass is 9.97. The maximum atomic E-state index is 4.61. The summed E-state index contributed by atoms with van der Waals surface area (Å²) >= 11 is 0. The minimum atomic E-state index is -0.107. The zero-order valence-corrected chi connectivity index (χ0v) is 20.8. The summed E-state index contributed by atoms with van der Waals surface area (Å²) in [5.74, 6) is 0. The molecule has 0 spiro atoms. The first-order chi connectivity index (χ1) is 17.6. The van der Waals surface area contributed by atoms with Crippen LogP contribution < -0.4 is 16.0 Å². The fourth-order valence-corrected chi connectivity index (χ4v) is 5.12. The van der Waals surface area contributed by atoms with Crippen LogP contribution in [0.3, 0.4) is 0 Å². The molecule has 6 nitrogen and oxygen atoms in total. The maximum absolute atomic E-state index is 4.61. The molecule has 6 rings (SSSR count). The van der Waals surface area contributed by atoms with Gasteiger partial charge in [-0.2, -0.15) is 5.10 Å². The van der Waals surface area contributed by atoms with Crippen molar-refractivity contribution in [2.24, 2.45) is 0 Å². The summed E-state index contributed by atoms with van der Waals surface area (Å²) in [6.07, 6.45) is 3.81. The number of aromatic nitrogens is 3. The van der Waals surface area contributed by atoms with Crippen molar-refractivity contribution in [1.82, 2.24) is 20.5 Å². The number of pyridine rings is 1. The quantitative estimate of drug-likeness (QED) is 0.224. The van der Waals surface area contributed by atoms with Crippen LogP contribution in [0.15, 0.2) is 73.1 Å². The first-order valence-corrected chi connectivity index (χ1v) is 12.5. The number of aryl methyl sites for hydroxylation is 1. The molecular formula is C30H30N6. The van der Waals surface area contributed by atoms with Crippen LogP contribution in [0.1, 0.15) is 35.5 Å². The Bertz CT molecular complexity index is 1570. The van der Waals surface area contributed by atoms with Crippen molar-refractivity contribution < 1.29 is 0 Å². The fraction of sp³-hybridized carbons (Fsp3) is 0.200. The summed E-state index contributed by atoms with van der Waals surface area (Å²) in [5, 5.41) is 19.8. The molecule has 0 aliphatic carbocycles. The summed E-state index contributed by atoms with van der Waals surface area (Å²) in [6.45, 7) is 8.20. The van der Waals surface area contributed by atoms with Gasteiger partial charge in [0.15, 0.2) is 0 Å². The number of para-hydroxylation sites is 1. The first kappa shape index (κ1) is 22.3. The van der Waals surface area contributed by atoms with E-state index in [0.717, 1.165) is 52.2 Å². The lowest BCUT2D eigenvalue weighted by Crippen LogP contribution is -2.13. The number of H-pyrrole nitrogens is 1. The van der Waals surface area contributed by atoms with E-state index < -0.39 is 0 Å². The van der Waals surface area contributed by atoms with E-state index in [4.69, 9.17) is 0 Å². The summed E-state index contributed by atoms with van der Waals surface area (Å²) in [6, 6.07) is 21.4. The highest BCUT2D eigenvalue weighted by molar-refractivity contribution is 5.93. The molecule has 0 amide bonds. The molecule has 180 valence electrons. The van der Waals surface area contributed by atoms with E-state index in [-0.39, 0.29) is 6.17 Å².